The van der Waals surface area contributed by atoms with Gasteiger partial charge in [-0.1, -0.05) is 0 Å². The van der Waals surface area contributed by atoms with E-state index >= 15 is 0 Å². The minimum atomic E-state index is -0.793. The first-order chi connectivity index (χ1) is 11.0. The van der Waals surface area contributed by atoms with Gasteiger partial charge >= 0.3 is 11.9 Å². The molecule has 0 aromatic heterocycles. The fraction of sp³-hybridized carbons (Fsp3) is 0.875. The van der Waals surface area contributed by atoms with Gasteiger partial charge in [0.25, 0.3) is 0 Å². The Kier molecular flexibility index (Phi) is 13.7. The van der Waals surface area contributed by atoms with Gasteiger partial charge in [0.15, 0.2) is 0 Å². The van der Waals surface area contributed by atoms with E-state index in [4.69, 9.17) is 24.4 Å². The van der Waals surface area contributed by atoms with Crippen LogP contribution in [-0.2, 0) is 23.8 Å². The van der Waals surface area contributed by atoms with Gasteiger partial charge in [0.2, 0.25) is 0 Å². The summed E-state index contributed by atoms with van der Waals surface area (Å²) in [6, 6.07) is 0. The first kappa shape index (κ1) is 21.8. The van der Waals surface area contributed by atoms with E-state index in [2.05, 4.69) is 0 Å². The van der Waals surface area contributed by atoms with Crippen molar-refractivity contribution in [1.29, 1.82) is 0 Å². The molecule has 7 heteroatoms. The van der Waals surface area contributed by atoms with Gasteiger partial charge in [0.05, 0.1) is 38.3 Å². The highest BCUT2D eigenvalue weighted by atomic mass is 16.5. The molecule has 0 saturated heterocycles. The lowest BCUT2D eigenvalue weighted by atomic mass is 9.82. The summed E-state index contributed by atoms with van der Waals surface area (Å²) in [4.78, 5) is 21.0. The number of ether oxygens (including phenoxy) is 3. The second kappa shape index (κ2) is 14.4. The molecule has 1 aliphatic carbocycles. The molecule has 136 valence electrons. The van der Waals surface area contributed by atoms with E-state index in [0.717, 1.165) is 13.2 Å². The molecule has 0 amide bonds. The molecule has 0 bridgehead atoms. The van der Waals surface area contributed by atoms with E-state index in [1.807, 2.05) is 13.8 Å². The van der Waals surface area contributed by atoms with Crippen LogP contribution in [-0.4, -0.2) is 61.8 Å². The maximum atomic E-state index is 10.5. The van der Waals surface area contributed by atoms with Crippen LogP contribution in [0.25, 0.3) is 0 Å². The summed E-state index contributed by atoms with van der Waals surface area (Å²) < 4.78 is 15.3. The third-order valence-electron chi connectivity index (χ3n) is 3.58. The average molecular weight is 334 g/mol. The number of aliphatic carboxylic acids is 2. The van der Waals surface area contributed by atoms with Crippen LogP contribution in [0.2, 0.25) is 0 Å². The molecule has 1 rings (SSSR count). The molecule has 1 saturated carbocycles. The Bertz CT molecular complexity index is 282. The molecule has 0 radical (unpaired) electrons. The fourth-order valence-corrected chi connectivity index (χ4v) is 2.21. The predicted molar refractivity (Wildman–Crippen MR) is 84.5 cm³/mol. The zero-order valence-corrected chi connectivity index (χ0v) is 14.2. The molecular formula is C16H30O7. The molecule has 0 spiro atoms. The van der Waals surface area contributed by atoms with Gasteiger partial charge in [-0.25, -0.2) is 0 Å². The number of carbonyl (C=O) groups is 2. The van der Waals surface area contributed by atoms with Crippen molar-refractivity contribution in [2.45, 2.75) is 39.5 Å². The number of hydrogen-bond acceptors (Lipinski definition) is 5. The SMILES string of the molecule is CCOCCOCCOCC.O=C(O)C1CCC(C(=O)O)CC1. The van der Waals surface area contributed by atoms with E-state index in [1.54, 1.807) is 0 Å². The van der Waals surface area contributed by atoms with E-state index in [1.165, 1.54) is 0 Å². The van der Waals surface area contributed by atoms with Crippen molar-refractivity contribution >= 4 is 11.9 Å². The molecule has 0 aromatic carbocycles. The molecule has 0 aliphatic heterocycles. The van der Waals surface area contributed by atoms with Gasteiger partial charge in [-0.3, -0.25) is 9.59 Å². The van der Waals surface area contributed by atoms with Crippen molar-refractivity contribution in [3.05, 3.63) is 0 Å². The van der Waals surface area contributed by atoms with Gasteiger partial charge in [-0.2, -0.15) is 0 Å². The fourth-order valence-electron chi connectivity index (χ4n) is 2.21. The van der Waals surface area contributed by atoms with Crippen molar-refractivity contribution in [2.24, 2.45) is 11.8 Å². The number of carboxylic acids is 2. The summed E-state index contributed by atoms with van der Waals surface area (Å²) in [7, 11) is 0. The van der Waals surface area contributed by atoms with Crippen LogP contribution in [0.4, 0.5) is 0 Å². The smallest absolute Gasteiger partial charge is 0.306 e. The number of rotatable bonds is 10. The third-order valence-corrected chi connectivity index (χ3v) is 3.58. The third kappa shape index (κ3) is 12.0. The lowest BCUT2D eigenvalue weighted by Gasteiger charge is -2.22. The van der Waals surface area contributed by atoms with Crippen LogP contribution in [0.15, 0.2) is 0 Å². The maximum Gasteiger partial charge on any atom is 0.306 e. The van der Waals surface area contributed by atoms with Gasteiger partial charge in [-0.05, 0) is 39.5 Å². The van der Waals surface area contributed by atoms with Crippen LogP contribution in [0.3, 0.4) is 0 Å². The zero-order chi connectivity index (χ0) is 17.5. The Labute approximate surface area is 137 Å². The second-order valence-corrected chi connectivity index (χ2v) is 5.23. The first-order valence-electron chi connectivity index (χ1n) is 8.21. The quantitative estimate of drug-likeness (QED) is 0.589. The van der Waals surface area contributed by atoms with Crippen LogP contribution < -0.4 is 0 Å². The van der Waals surface area contributed by atoms with E-state index in [-0.39, 0.29) is 11.8 Å². The van der Waals surface area contributed by atoms with Crippen molar-refractivity contribution in [1.82, 2.24) is 0 Å². The largest absolute Gasteiger partial charge is 0.481 e. The van der Waals surface area contributed by atoms with Gasteiger partial charge in [0.1, 0.15) is 0 Å². The molecule has 1 fully saturated rings. The summed E-state index contributed by atoms with van der Waals surface area (Å²) >= 11 is 0. The van der Waals surface area contributed by atoms with Crippen LogP contribution >= 0.6 is 0 Å². The zero-order valence-electron chi connectivity index (χ0n) is 14.2. The topological polar surface area (TPSA) is 102 Å². The molecule has 23 heavy (non-hydrogen) atoms. The normalized spacial score (nSPS) is 20.4. The highest BCUT2D eigenvalue weighted by Crippen LogP contribution is 2.28. The van der Waals surface area contributed by atoms with E-state index in [9.17, 15) is 9.59 Å². The Morgan fingerprint density at radius 3 is 1.30 bits per heavy atom. The minimum Gasteiger partial charge on any atom is -0.481 e. The summed E-state index contributed by atoms with van der Waals surface area (Å²) in [5.74, 6) is -2.22. The van der Waals surface area contributed by atoms with E-state index in [0.29, 0.717) is 52.1 Å². The van der Waals surface area contributed by atoms with Crippen LogP contribution in [0.1, 0.15) is 39.5 Å². The Balaban J connectivity index is 0.000000423. The lowest BCUT2D eigenvalue weighted by Crippen LogP contribution is -2.25. The van der Waals surface area contributed by atoms with Crippen molar-refractivity contribution in [3.8, 4) is 0 Å². The van der Waals surface area contributed by atoms with Crippen molar-refractivity contribution in [3.63, 3.8) is 0 Å². The van der Waals surface area contributed by atoms with E-state index < -0.39 is 11.9 Å². The summed E-state index contributed by atoms with van der Waals surface area (Å²) in [5.41, 5.74) is 0. The highest BCUT2D eigenvalue weighted by Gasteiger charge is 2.29. The second-order valence-electron chi connectivity index (χ2n) is 5.23. The van der Waals surface area contributed by atoms with Crippen molar-refractivity contribution in [2.75, 3.05) is 39.6 Å². The van der Waals surface area contributed by atoms with Crippen molar-refractivity contribution < 1.29 is 34.0 Å². The Morgan fingerprint density at radius 2 is 1.04 bits per heavy atom. The monoisotopic (exact) mass is 334 g/mol. The van der Waals surface area contributed by atoms with Crippen LogP contribution in [0.5, 0.6) is 0 Å². The summed E-state index contributed by atoms with van der Waals surface area (Å²) in [6.07, 6.45) is 2.03. The summed E-state index contributed by atoms with van der Waals surface area (Å²) in [6.45, 7) is 8.16. The highest BCUT2D eigenvalue weighted by molar-refractivity contribution is 5.72. The number of carboxylic acid groups (broad SMARTS) is 2. The molecule has 0 atom stereocenters. The molecule has 7 nitrogen and oxygen atoms in total. The lowest BCUT2D eigenvalue weighted by molar-refractivity contribution is -0.148. The molecule has 0 aromatic rings. The molecular weight excluding hydrogens is 304 g/mol. The summed E-state index contributed by atoms with van der Waals surface area (Å²) in [5, 5.41) is 17.2. The van der Waals surface area contributed by atoms with Gasteiger partial charge < -0.3 is 24.4 Å². The maximum absolute atomic E-state index is 10.5. The number of hydrogen-bond donors (Lipinski definition) is 2. The predicted octanol–water partition coefficient (Wildman–Crippen LogP) is 2.04. The van der Waals surface area contributed by atoms with Gasteiger partial charge in [0, 0.05) is 13.2 Å². The average Bonchev–Trinajstić information content (AvgIpc) is 2.55. The van der Waals surface area contributed by atoms with Gasteiger partial charge in [-0.15, -0.1) is 0 Å². The molecule has 0 unspecified atom stereocenters. The van der Waals surface area contributed by atoms with Crippen LogP contribution in [0, 0.1) is 11.8 Å². The Morgan fingerprint density at radius 1 is 0.739 bits per heavy atom. The minimum absolute atomic E-state index is 0.319. The molecule has 0 heterocycles. The standard InChI is InChI=1S/C8H12O4.C8H18O3/c9-7(10)5-1-2-6(4-3-5)8(11)12;1-3-9-5-7-11-8-6-10-4-2/h5-6H,1-4H2,(H,9,10)(H,11,12);3-8H2,1-2H3. The first-order valence-corrected chi connectivity index (χ1v) is 8.21. The Hall–Kier alpha value is -1.18. The molecule has 2 N–H and O–H groups in total. The molecule has 1 aliphatic rings.